The maximum atomic E-state index is 13.2. The van der Waals surface area contributed by atoms with Gasteiger partial charge in [0, 0.05) is 18.1 Å². The first-order valence-corrected chi connectivity index (χ1v) is 10.4. The number of halogens is 1. The van der Waals surface area contributed by atoms with Crippen LogP contribution in [0.15, 0.2) is 48.5 Å². The van der Waals surface area contributed by atoms with Gasteiger partial charge in [0.15, 0.2) is 0 Å². The number of carbonyl (C=O) groups is 2. The molecule has 7 nitrogen and oxygen atoms in total. The van der Waals surface area contributed by atoms with E-state index < -0.39 is 5.97 Å². The second kappa shape index (κ2) is 8.43. The number of carboxylic acid groups (broad SMARTS) is 1. The quantitative estimate of drug-likeness (QED) is 0.606. The second-order valence-electron chi connectivity index (χ2n) is 7.68. The number of nitrogens with zero attached hydrogens (tertiary/aromatic N) is 3. The number of nitrogens with one attached hydrogen (secondary N) is 1. The van der Waals surface area contributed by atoms with Gasteiger partial charge in [0.05, 0.1) is 23.8 Å². The Labute approximate surface area is 185 Å². The molecule has 0 saturated heterocycles. The number of hydrogen-bond donors (Lipinski definition) is 2. The van der Waals surface area contributed by atoms with Gasteiger partial charge in [-0.1, -0.05) is 35.9 Å². The molecular formula is C23H23ClN4O3. The lowest BCUT2D eigenvalue weighted by Gasteiger charge is -2.20. The molecule has 1 aliphatic rings. The van der Waals surface area contributed by atoms with E-state index in [4.69, 9.17) is 16.7 Å². The zero-order valence-electron chi connectivity index (χ0n) is 17.3. The third-order valence-corrected chi connectivity index (χ3v) is 5.75. The topological polar surface area (TPSA) is 87.5 Å². The average molecular weight is 439 g/mol. The van der Waals surface area contributed by atoms with Gasteiger partial charge in [0.2, 0.25) is 0 Å². The first-order valence-electron chi connectivity index (χ1n) is 10.0. The van der Waals surface area contributed by atoms with E-state index in [2.05, 4.69) is 15.3 Å². The van der Waals surface area contributed by atoms with Crippen LogP contribution in [0.2, 0.25) is 5.02 Å². The summed E-state index contributed by atoms with van der Waals surface area (Å²) in [5.74, 6) is -0.356. The molecule has 0 spiro atoms. The largest absolute Gasteiger partial charge is 0.478 e. The number of hydrogen-bond acceptors (Lipinski definition) is 4. The van der Waals surface area contributed by atoms with Crippen LogP contribution in [0.3, 0.4) is 0 Å². The molecule has 1 aromatic heterocycles. The van der Waals surface area contributed by atoms with E-state index in [-0.39, 0.29) is 17.5 Å². The highest BCUT2D eigenvalue weighted by molar-refractivity contribution is 6.30. The van der Waals surface area contributed by atoms with Crippen molar-refractivity contribution in [2.24, 2.45) is 0 Å². The second-order valence-corrected chi connectivity index (χ2v) is 8.11. The summed E-state index contributed by atoms with van der Waals surface area (Å²) in [6, 6.07) is 13.9. The van der Waals surface area contributed by atoms with Crippen molar-refractivity contribution < 1.29 is 14.7 Å². The van der Waals surface area contributed by atoms with Crippen molar-refractivity contribution in [3.63, 3.8) is 0 Å². The number of aryl methyl sites for hydroxylation is 1. The van der Waals surface area contributed by atoms with Gasteiger partial charge in [-0.25, -0.2) is 9.48 Å². The Kier molecular flexibility index (Phi) is 5.69. The lowest BCUT2D eigenvalue weighted by molar-refractivity contribution is 0.0696. The molecule has 1 amide bonds. The molecule has 4 rings (SSSR count). The number of carboxylic acids is 1. The third-order valence-electron chi connectivity index (χ3n) is 5.50. The number of aromatic nitrogens is 2. The van der Waals surface area contributed by atoms with Crippen LogP contribution in [-0.4, -0.2) is 33.3 Å². The van der Waals surface area contributed by atoms with Gasteiger partial charge in [0.1, 0.15) is 11.4 Å². The lowest BCUT2D eigenvalue weighted by Crippen LogP contribution is -2.29. The van der Waals surface area contributed by atoms with Crippen molar-refractivity contribution in [1.82, 2.24) is 15.1 Å². The molecule has 160 valence electrons. The molecule has 1 aliphatic heterocycles. The van der Waals surface area contributed by atoms with Crippen molar-refractivity contribution in [2.45, 2.75) is 33.0 Å². The van der Waals surface area contributed by atoms with Crippen LogP contribution in [0.5, 0.6) is 0 Å². The Balaban J connectivity index is 1.54. The summed E-state index contributed by atoms with van der Waals surface area (Å²) in [6.07, 6.45) is 0. The van der Waals surface area contributed by atoms with Gasteiger partial charge in [-0.3, -0.25) is 4.79 Å². The summed E-state index contributed by atoms with van der Waals surface area (Å²) in [4.78, 5) is 26.4. The van der Waals surface area contributed by atoms with Gasteiger partial charge in [-0.05, 0) is 49.2 Å². The molecule has 0 aliphatic carbocycles. The predicted octanol–water partition coefficient (Wildman–Crippen LogP) is 4.05. The maximum absolute atomic E-state index is 13.2. The SMILES string of the molecule is Cc1nn2c(c1C(=O)NC(C)c1ccc(C(=O)O)cc1)N(Cc1ccc(Cl)cc1)CC2. The number of carbonyl (C=O) groups excluding carboxylic acids is 1. The predicted molar refractivity (Wildman–Crippen MR) is 119 cm³/mol. The fourth-order valence-electron chi connectivity index (χ4n) is 3.86. The summed E-state index contributed by atoms with van der Waals surface area (Å²) < 4.78 is 1.88. The summed E-state index contributed by atoms with van der Waals surface area (Å²) in [7, 11) is 0. The highest BCUT2D eigenvalue weighted by atomic mass is 35.5. The fourth-order valence-corrected chi connectivity index (χ4v) is 3.99. The third kappa shape index (κ3) is 4.27. The van der Waals surface area contributed by atoms with Crippen LogP contribution >= 0.6 is 11.6 Å². The van der Waals surface area contributed by atoms with Crippen molar-refractivity contribution in [3.8, 4) is 0 Å². The minimum atomic E-state index is -0.977. The van der Waals surface area contributed by atoms with Crippen molar-refractivity contribution >= 4 is 29.3 Å². The first kappa shape index (κ1) is 20.9. The standard InChI is InChI=1S/C23H23ClN4O3/c1-14(17-5-7-18(8-6-17)23(30)31)25-21(29)20-15(2)26-28-12-11-27(22(20)28)13-16-3-9-19(24)10-4-16/h3-10,14H,11-13H2,1-2H3,(H,25,29)(H,30,31). The van der Waals surface area contributed by atoms with Crippen LogP contribution in [0.1, 0.15) is 50.5 Å². The maximum Gasteiger partial charge on any atom is 0.335 e. The molecule has 8 heteroatoms. The number of rotatable bonds is 6. The fraction of sp³-hybridized carbons (Fsp3) is 0.261. The summed E-state index contributed by atoms with van der Waals surface area (Å²) in [5.41, 5.74) is 3.40. The Bertz CT molecular complexity index is 1120. The number of amides is 1. The minimum absolute atomic E-state index is 0.198. The van der Waals surface area contributed by atoms with Gasteiger partial charge in [0.25, 0.3) is 5.91 Å². The molecule has 31 heavy (non-hydrogen) atoms. The van der Waals surface area contributed by atoms with Crippen molar-refractivity contribution in [1.29, 1.82) is 0 Å². The molecule has 2 heterocycles. The van der Waals surface area contributed by atoms with Crippen LogP contribution < -0.4 is 10.2 Å². The normalized spacial score (nSPS) is 13.7. The smallest absolute Gasteiger partial charge is 0.335 e. The molecule has 3 aromatic rings. The van der Waals surface area contributed by atoms with Crippen molar-refractivity contribution in [2.75, 3.05) is 11.4 Å². The molecule has 0 bridgehead atoms. The molecule has 0 saturated carbocycles. The lowest BCUT2D eigenvalue weighted by atomic mass is 10.1. The Morgan fingerprint density at radius 3 is 2.45 bits per heavy atom. The number of anilines is 1. The van der Waals surface area contributed by atoms with E-state index in [0.29, 0.717) is 22.8 Å². The van der Waals surface area contributed by atoms with E-state index in [1.807, 2.05) is 42.8 Å². The highest BCUT2D eigenvalue weighted by Gasteiger charge is 2.30. The minimum Gasteiger partial charge on any atom is -0.478 e. The number of aromatic carboxylic acids is 1. The molecule has 1 atom stereocenters. The van der Waals surface area contributed by atoms with Crippen molar-refractivity contribution in [3.05, 3.63) is 81.5 Å². The Morgan fingerprint density at radius 1 is 1.13 bits per heavy atom. The van der Waals surface area contributed by atoms with Gasteiger partial charge >= 0.3 is 5.97 Å². The summed E-state index contributed by atoms with van der Waals surface area (Å²) >= 11 is 5.99. The Morgan fingerprint density at radius 2 is 1.81 bits per heavy atom. The highest BCUT2D eigenvalue weighted by Crippen LogP contribution is 2.30. The first-order chi connectivity index (χ1) is 14.8. The number of fused-ring (bicyclic) bond motifs is 1. The van der Waals surface area contributed by atoms with E-state index in [1.54, 1.807) is 12.1 Å². The van der Waals surface area contributed by atoms with Gasteiger partial charge in [-0.2, -0.15) is 5.10 Å². The summed E-state index contributed by atoms with van der Waals surface area (Å²) in [5, 5.41) is 17.3. The van der Waals surface area contributed by atoms with E-state index >= 15 is 0 Å². The molecule has 0 fully saturated rings. The molecule has 0 radical (unpaired) electrons. The molecule has 1 unspecified atom stereocenters. The van der Waals surface area contributed by atoms with Crippen LogP contribution in [0.25, 0.3) is 0 Å². The zero-order chi connectivity index (χ0) is 22.1. The average Bonchev–Trinajstić information content (AvgIpc) is 3.27. The van der Waals surface area contributed by atoms with E-state index in [0.717, 1.165) is 30.0 Å². The van der Waals surface area contributed by atoms with E-state index in [1.165, 1.54) is 12.1 Å². The van der Waals surface area contributed by atoms with Crippen LogP contribution in [0, 0.1) is 6.92 Å². The summed E-state index contributed by atoms with van der Waals surface area (Å²) in [6.45, 7) is 5.88. The zero-order valence-corrected chi connectivity index (χ0v) is 18.1. The van der Waals surface area contributed by atoms with Crippen LogP contribution in [0.4, 0.5) is 5.82 Å². The monoisotopic (exact) mass is 438 g/mol. The van der Waals surface area contributed by atoms with Gasteiger partial charge < -0.3 is 15.3 Å². The molecule has 2 aromatic carbocycles. The van der Waals surface area contributed by atoms with E-state index in [9.17, 15) is 9.59 Å². The van der Waals surface area contributed by atoms with Gasteiger partial charge in [-0.15, -0.1) is 0 Å². The molecular weight excluding hydrogens is 416 g/mol. The Hall–Kier alpha value is -3.32. The molecule has 2 N–H and O–H groups in total. The van der Waals surface area contributed by atoms with Crippen LogP contribution in [-0.2, 0) is 13.1 Å². The number of benzene rings is 2.